The molecule has 0 radical (unpaired) electrons. The Morgan fingerprint density at radius 2 is 1.69 bits per heavy atom. The van der Waals surface area contributed by atoms with Gasteiger partial charge in [-0.3, -0.25) is 9.69 Å². The second kappa shape index (κ2) is 8.99. The van der Waals surface area contributed by atoms with Gasteiger partial charge in [-0.25, -0.2) is 4.98 Å². The summed E-state index contributed by atoms with van der Waals surface area (Å²) in [4.78, 5) is 19.6. The number of hydrogen-bond donors (Lipinski definition) is 0. The van der Waals surface area contributed by atoms with Gasteiger partial charge in [-0.15, -0.1) is 0 Å². The number of ether oxygens (including phenoxy) is 1. The first kappa shape index (κ1) is 20.5. The lowest BCUT2D eigenvalue weighted by Gasteiger charge is -2.20. The molecule has 4 aromatic carbocycles. The van der Waals surface area contributed by atoms with Crippen LogP contribution < -0.4 is 9.64 Å². The molecule has 0 fully saturated rings. The molecule has 0 saturated carbocycles. The van der Waals surface area contributed by atoms with Crippen LogP contribution in [0.4, 0.5) is 5.13 Å². The summed E-state index contributed by atoms with van der Waals surface area (Å²) in [7, 11) is 0. The monoisotopic (exact) mass is 458 g/mol. The molecule has 0 spiro atoms. The SMILES string of the molecule is O=C(COc1ccc2ccccc2c1)N(Cc1ccccc1)c1nc2ccc(Cl)cc2s1. The number of thiazole rings is 1. The van der Waals surface area contributed by atoms with E-state index >= 15 is 0 Å². The average Bonchev–Trinajstić information content (AvgIpc) is 3.24. The zero-order chi connectivity index (χ0) is 21.9. The van der Waals surface area contributed by atoms with E-state index in [4.69, 9.17) is 16.3 Å². The van der Waals surface area contributed by atoms with Gasteiger partial charge in [0.25, 0.3) is 5.91 Å². The topological polar surface area (TPSA) is 42.4 Å². The molecule has 158 valence electrons. The van der Waals surface area contributed by atoms with E-state index in [1.165, 1.54) is 11.3 Å². The highest BCUT2D eigenvalue weighted by molar-refractivity contribution is 7.22. The average molecular weight is 459 g/mol. The van der Waals surface area contributed by atoms with E-state index < -0.39 is 0 Å². The highest BCUT2D eigenvalue weighted by atomic mass is 35.5. The Balaban J connectivity index is 1.41. The summed E-state index contributed by atoms with van der Waals surface area (Å²) >= 11 is 7.58. The summed E-state index contributed by atoms with van der Waals surface area (Å²) < 4.78 is 6.81. The molecule has 4 nitrogen and oxygen atoms in total. The molecule has 32 heavy (non-hydrogen) atoms. The lowest BCUT2D eigenvalue weighted by atomic mass is 10.1. The molecule has 5 rings (SSSR count). The summed E-state index contributed by atoms with van der Waals surface area (Å²) in [5.41, 5.74) is 1.83. The van der Waals surface area contributed by atoms with Crippen LogP contribution in [-0.4, -0.2) is 17.5 Å². The Hall–Kier alpha value is -3.41. The van der Waals surface area contributed by atoms with Crippen molar-refractivity contribution in [3.8, 4) is 5.75 Å². The van der Waals surface area contributed by atoms with Gasteiger partial charge in [0.2, 0.25) is 0 Å². The third-order valence-corrected chi connectivity index (χ3v) is 6.41. The number of carbonyl (C=O) groups is 1. The predicted octanol–water partition coefficient (Wildman–Crippen LogP) is 6.72. The van der Waals surface area contributed by atoms with Gasteiger partial charge in [0.1, 0.15) is 5.75 Å². The van der Waals surface area contributed by atoms with E-state index in [2.05, 4.69) is 4.98 Å². The van der Waals surface area contributed by atoms with Crippen molar-refractivity contribution in [3.63, 3.8) is 0 Å². The molecule has 1 heterocycles. The van der Waals surface area contributed by atoms with Crippen molar-refractivity contribution >= 4 is 55.0 Å². The largest absolute Gasteiger partial charge is 0.484 e. The van der Waals surface area contributed by atoms with Crippen LogP contribution in [0, 0.1) is 0 Å². The molecular weight excluding hydrogens is 440 g/mol. The minimum Gasteiger partial charge on any atom is -0.484 e. The van der Waals surface area contributed by atoms with E-state index in [1.807, 2.05) is 84.9 Å². The van der Waals surface area contributed by atoms with Crippen LogP contribution in [-0.2, 0) is 11.3 Å². The number of anilines is 1. The first-order chi connectivity index (χ1) is 15.7. The summed E-state index contributed by atoms with van der Waals surface area (Å²) in [5.74, 6) is 0.500. The van der Waals surface area contributed by atoms with Gasteiger partial charge < -0.3 is 4.74 Å². The zero-order valence-corrected chi connectivity index (χ0v) is 18.6. The van der Waals surface area contributed by atoms with Crippen LogP contribution in [0.25, 0.3) is 21.0 Å². The lowest BCUT2D eigenvalue weighted by molar-refractivity contribution is -0.120. The Labute approximate surface area is 194 Å². The van der Waals surface area contributed by atoms with Crippen LogP contribution in [0.3, 0.4) is 0 Å². The predicted molar refractivity (Wildman–Crippen MR) is 132 cm³/mol. The standard InChI is InChI=1S/C26H19ClN2O2S/c27-21-11-13-23-24(15-21)32-26(28-23)29(16-18-6-2-1-3-7-18)25(30)17-31-22-12-10-19-8-4-5-9-20(19)14-22/h1-15H,16-17H2. The summed E-state index contributed by atoms with van der Waals surface area (Å²) in [6.07, 6.45) is 0. The number of amides is 1. The van der Waals surface area contributed by atoms with Crippen molar-refractivity contribution in [3.05, 3.63) is 102 Å². The first-order valence-electron chi connectivity index (χ1n) is 10.2. The van der Waals surface area contributed by atoms with Gasteiger partial charge >= 0.3 is 0 Å². The number of nitrogens with zero attached hydrogens (tertiary/aromatic N) is 2. The van der Waals surface area contributed by atoms with Crippen molar-refractivity contribution in [2.75, 3.05) is 11.5 Å². The lowest BCUT2D eigenvalue weighted by Crippen LogP contribution is -2.34. The molecule has 0 bridgehead atoms. The number of rotatable bonds is 6. The van der Waals surface area contributed by atoms with Crippen molar-refractivity contribution in [1.29, 1.82) is 0 Å². The van der Waals surface area contributed by atoms with E-state index in [0.29, 0.717) is 22.4 Å². The third-order valence-electron chi connectivity index (χ3n) is 5.14. The van der Waals surface area contributed by atoms with E-state index in [-0.39, 0.29) is 12.5 Å². The maximum atomic E-state index is 13.3. The van der Waals surface area contributed by atoms with Crippen LogP contribution in [0.5, 0.6) is 5.75 Å². The summed E-state index contributed by atoms with van der Waals surface area (Å²) in [6, 6.07) is 29.3. The fourth-order valence-corrected chi connectivity index (χ4v) is 4.77. The molecule has 0 aliphatic heterocycles. The smallest absolute Gasteiger partial charge is 0.267 e. The molecule has 6 heteroatoms. The number of aromatic nitrogens is 1. The molecular formula is C26H19ClN2O2S. The normalized spacial score (nSPS) is 11.0. The van der Waals surface area contributed by atoms with E-state index in [9.17, 15) is 4.79 Å². The quantitative estimate of drug-likeness (QED) is 0.284. The van der Waals surface area contributed by atoms with Crippen LogP contribution in [0.15, 0.2) is 91.0 Å². The van der Waals surface area contributed by atoms with Crippen LogP contribution >= 0.6 is 22.9 Å². The fourth-order valence-electron chi connectivity index (χ4n) is 3.51. The molecule has 0 N–H and O–H groups in total. The molecule has 0 aliphatic carbocycles. The number of halogens is 1. The first-order valence-corrected chi connectivity index (χ1v) is 11.4. The number of hydrogen-bond acceptors (Lipinski definition) is 4. The van der Waals surface area contributed by atoms with Crippen LogP contribution in [0.2, 0.25) is 5.02 Å². The molecule has 1 amide bonds. The van der Waals surface area contributed by atoms with Gasteiger partial charge in [-0.1, -0.05) is 83.6 Å². The molecule has 0 unspecified atom stereocenters. The zero-order valence-electron chi connectivity index (χ0n) is 17.1. The van der Waals surface area contributed by atoms with Crippen molar-refractivity contribution in [1.82, 2.24) is 4.98 Å². The Kier molecular flexibility index (Phi) is 5.75. The molecule has 0 saturated heterocycles. The van der Waals surface area contributed by atoms with Crippen molar-refractivity contribution in [2.24, 2.45) is 0 Å². The molecule has 0 atom stereocenters. The summed E-state index contributed by atoms with van der Waals surface area (Å²) in [6.45, 7) is 0.330. The fraction of sp³-hybridized carbons (Fsp3) is 0.0769. The van der Waals surface area contributed by atoms with Crippen molar-refractivity contribution < 1.29 is 9.53 Å². The number of carbonyl (C=O) groups excluding carboxylic acids is 1. The highest BCUT2D eigenvalue weighted by Gasteiger charge is 2.21. The maximum Gasteiger partial charge on any atom is 0.267 e. The Morgan fingerprint density at radius 3 is 2.53 bits per heavy atom. The van der Waals surface area contributed by atoms with Gasteiger partial charge in [0, 0.05) is 5.02 Å². The molecule has 1 aromatic heterocycles. The summed E-state index contributed by atoms with van der Waals surface area (Å²) in [5, 5.41) is 3.47. The number of fused-ring (bicyclic) bond motifs is 2. The molecule has 5 aromatic rings. The second-order valence-electron chi connectivity index (χ2n) is 7.37. The van der Waals surface area contributed by atoms with Crippen LogP contribution in [0.1, 0.15) is 5.56 Å². The van der Waals surface area contributed by atoms with Gasteiger partial charge in [0.15, 0.2) is 11.7 Å². The van der Waals surface area contributed by atoms with Gasteiger partial charge in [-0.2, -0.15) is 0 Å². The van der Waals surface area contributed by atoms with Crippen molar-refractivity contribution in [2.45, 2.75) is 6.54 Å². The van der Waals surface area contributed by atoms with Gasteiger partial charge in [-0.05, 0) is 46.7 Å². The van der Waals surface area contributed by atoms with Gasteiger partial charge in [0.05, 0.1) is 16.8 Å². The van der Waals surface area contributed by atoms with E-state index in [0.717, 1.165) is 26.6 Å². The molecule has 0 aliphatic rings. The minimum atomic E-state index is -0.160. The Morgan fingerprint density at radius 1 is 0.906 bits per heavy atom. The Bertz CT molecular complexity index is 1400. The second-order valence-corrected chi connectivity index (χ2v) is 8.82. The minimum absolute atomic E-state index is 0.0815. The third kappa shape index (κ3) is 4.44. The highest BCUT2D eigenvalue weighted by Crippen LogP contribution is 2.32. The van der Waals surface area contributed by atoms with E-state index in [1.54, 1.807) is 11.0 Å². The maximum absolute atomic E-state index is 13.3. The number of benzene rings is 4.